The van der Waals surface area contributed by atoms with Gasteiger partial charge in [-0.3, -0.25) is 0 Å². The Morgan fingerprint density at radius 1 is 0.895 bits per heavy atom. The van der Waals surface area contributed by atoms with Crippen LogP contribution in [0, 0.1) is 0 Å². The number of benzene rings is 2. The summed E-state index contributed by atoms with van der Waals surface area (Å²) in [7, 11) is 0. The highest BCUT2D eigenvalue weighted by molar-refractivity contribution is 5.82. The summed E-state index contributed by atoms with van der Waals surface area (Å²) < 4.78 is 5.28. The van der Waals surface area contributed by atoms with Gasteiger partial charge in [-0.05, 0) is 41.4 Å². The molecule has 0 unspecified atom stereocenters. The van der Waals surface area contributed by atoms with Gasteiger partial charge in [0.25, 0.3) is 0 Å². The Kier molecular flexibility index (Phi) is 3.61. The molecule has 2 aromatic carbocycles. The van der Waals surface area contributed by atoms with E-state index in [1.807, 2.05) is 12.1 Å². The molecular formula is C17H17NO. The zero-order valence-corrected chi connectivity index (χ0v) is 10.8. The first-order valence-corrected chi connectivity index (χ1v) is 6.62. The monoisotopic (exact) mass is 251 g/mol. The van der Waals surface area contributed by atoms with Gasteiger partial charge in [-0.15, -0.1) is 0 Å². The summed E-state index contributed by atoms with van der Waals surface area (Å²) in [6.45, 7) is 1.75. The van der Waals surface area contributed by atoms with E-state index in [4.69, 9.17) is 4.42 Å². The fraction of sp³-hybridized carbons (Fsp3) is 0.176. The maximum atomic E-state index is 5.28. The maximum Gasteiger partial charge on any atom is 0.117 e. The van der Waals surface area contributed by atoms with Crippen molar-refractivity contribution in [2.75, 3.05) is 6.54 Å². The van der Waals surface area contributed by atoms with Gasteiger partial charge < -0.3 is 9.73 Å². The minimum Gasteiger partial charge on any atom is -0.468 e. The third-order valence-electron chi connectivity index (χ3n) is 3.28. The second-order valence-electron chi connectivity index (χ2n) is 4.69. The molecule has 2 heteroatoms. The number of fused-ring (bicyclic) bond motifs is 1. The number of hydrogen-bond acceptors (Lipinski definition) is 2. The molecular weight excluding hydrogens is 234 g/mol. The highest BCUT2D eigenvalue weighted by Crippen LogP contribution is 2.15. The van der Waals surface area contributed by atoms with Crippen LogP contribution in [0.25, 0.3) is 10.8 Å². The molecule has 0 atom stereocenters. The van der Waals surface area contributed by atoms with Crippen molar-refractivity contribution in [3.05, 3.63) is 72.2 Å². The first-order chi connectivity index (χ1) is 9.42. The Balaban J connectivity index is 1.56. The zero-order valence-electron chi connectivity index (χ0n) is 10.8. The van der Waals surface area contributed by atoms with Gasteiger partial charge in [-0.2, -0.15) is 0 Å². The molecule has 2 nitrogen and oxygen atoms in total. The first kappa shape index (κ1) is 12.0. The van der Waals surface area contributed by atoms with Crippen LogP contribution in [0.5, 0.6) is 0 Å². The summed E-state index contributed by atoms with van der Waals surface area (Å²) >= 11 is 0. The van der Waals surface area contributed by atoms with Gasteiger partial charge in [0.2, 0.25) is 0 Å². The van der Waals surface area contributed by atoms with E-state index in [1.54, 1.807) is 6.26 Å². The van der Waals surface area contributed by atoms with Crippen LogP contribution < -0.4 is 5.32 Å². The number of furan rings is 1. The van der Waals surface area contributed by atoms with Gasteiger partial charge in [-0.25, -0.2) is 0 Å². The standard InChI is InChI=1S/C17H17NO/c1-2-5-16-12-14(7-8-15(16)4-1)9-10-18-13-17-6-3-11-19-17/h1-8,11-12,18H,9-10,13H2. The molecule has 0 spiro atoms. The third kappa shape index (κ3) is 3.04. The largest absolute Gasteiger partial charge is 0.468 e. The fourth-order valence-electron chi connectivity index (χ4n) is 2.25. The van der Waals surface area contributed by atoms with Gasteiger partial charge in [0.05, 0.1) is 12.8 Å². The molecule has 0 saturated heterocycles. The van der Waals surface area contributed by atoms with Gasteiger partial charge >= 0.3 is 0 Å². The van der Waals surface area contributed by atoms with E-state index in [1.165, 1.54) is 16.3 Å². The van der Waals surface area contributed by atoms with Gasteiger partial charge in [0.1, 0.15) is 5.76 Å². The van der Waals surface area contributed by atoms with Crippen LogP contribution in [0.3, 0.4) is 0 Å². The molecule has 0 aliphatic rings. The molecule has 1 heterocycles. The molecule has 0 aliphatic heterocycles. The van der Waals surface area contributed by atoms with Crippen LogP contribution in [-0.2, 0) is 13.0 Å². The minimum atomic E-state index is 0.792. The van der Waals surface area contributed by atoms with E-state index in [9.17, 15) is 0 Å². The molecule has 1 aromatic heterocycles. The molecule has 0 fully saturated rings. The van der Waals surface area contributed by atoms with Gasteiger partial charge in [0.15, 0.2) is 0 Å². The van der Waals surface area contributed by atoms with Gasteiger partial charge in [-0.1, -0.05) is 42.5 Å². The van der Waals surface area contributed by atoms with E-state index < -0.39 is 0 Å². The van der Waals surface area contributed by atoms with Crippen molar-refractivity contribution in [3.63, 3.8) is 0 Å². The van der Waals surface area contributed by atoms with Crippen LogP contribution in [0.4, 0.5) is 0 Å². The van der Waals surface area contributed by atoms with Crippen LogP contribution in [0.1, 0.15) is 11.3 Å². The lowest BCUT2D eigenvalue weighted by Crippen LogP contribution is -2.16. The number of nitrogens with one attached hydrogen (secondary N) is 1. The van der Waals surface area contributed by atoms with Crippen molar-refractivity contribution in [3.8, 4) is 0 Å². The average Bonchev–Trinajstić information content (AvgIpc) is 2.97. The average molecular weight is 251 g/mol. The molecule has 1 N–H and O–H groups in total. The SMILES string of the molecule is c1coc(CNCCc2ccc3ccccc3c2)c1. The second-order valence-corrected chi connectivity index (χ2v) is 4.69. The molecule has 0 saturated carbocycles. The van der Waals surface area contributed by atoms with E-state index in [0.29, 0.717) is 0 Å². The minimum absolute atomic E-state index is 0.792. The predicted molar refractivity (Wildman–Crippen MR) is 78.1 cm³/mol. The number of rotatable bonds is 5. The quantitative estimate of drug-likeness (QED) is 0.698. The number of hydrogen-bond donors (Lipinski definition) is 1. The van der Waals surface area contributed by atoms with Crippen molar-refractivity contribution >= 4 is 10.8 Å². The molecule has 96 valence electrons. The van der Waals surface area contributed by atoms with Crippen molar-refractivity contribution in [1.82, 2.24) is 5.32 Å². The van der Waals surface area contributed by atoms with Crippen molar-refractivity contribution in [2.24, 2.45) is 0 Å². The summed E-state index contributed by atoms with van der Waals surface area (Å²) in [5.74, 6) is 0.985. The molecule has 3 aromatic rings. The summed E-state index contributed by atoms with van der Waals surface area (Å²) in [4.78, 5) is 0. The van der Waals surface area contributed by atoms with E-state index in [-0.39, 0.29) is 0 Å². The third-order valence-corrected chi connectivity index (χ3v) is 3.28. The summed E-state index contributed by atoms with van der Waals surface area (Å²) in [5.41, 5.74) is 1.37. The molecule has 3 rings (SSSR count). The van der Waals surface area contributed by atoms with Crippen LogP contribution in [0.2, 0.25) is 0 Å². The van der Waals surface area contributed by atoms with Crippen LogP contribution in [0.15, 0.2) is 65.3 Å². The summed E-state index contributed by atoms with van der Waals surface area (Å²) in [5, 5.41) is 6.00. The normalized spacial score (nSPS) is 10.9. The summed E-state index contributed by atoms with van der Waals surface area (Å²) in [6, 6.07) is 19.0. The second kappa shape index (κ2) is 5.72. The lowest BCUT2D eigenvalue weighted by Gasteiger charge is -2.05. The molecule has 19 heavy (non-hydrogen) atoms. The Hall–Kier alpha value is -2.06. The maximum absolute atomic E-state index is 5.28. The van der Waals surface area contributed by atoms with E-state index in [0.717, 1.165) is 25.3 Å². The van der Waals surface area contributed by atoms with Crippen molar-refractivity contribution in [1.29, 1.82) is 0 Å². The van der Waals surface area contributed by atoms with E-state index >= 15 is 0 Å². The highest BCUT2D eigenvalue weighted by Gasteiger charge is 1.98. The van der Waals surface area contributed by atoms with Crippen molar-refractivity contribution < 1.29 is 4.42 Å². The first-order valence-electron chi connectivity index (χ1n) is 6.62. The lowest BCUT2D eigenvalue weighted by molar-refractivity contribution is 0.484. The van der Waals surface area contributed by atoms with Crippen LogP contribution >= 0.6 is 0 Å². The smallest absolute Gasteiger partial charge is 0.117 e. The Morgan fingerprint density at radius 2 is 1.79 bits per heavy atom. The molecule has 0 amide bonds. The molecule has 0 radical (unpaired) electrons. The Labute approximate surface area is 113 Å². The summed E-state index contributed by atoms with van der Waals surface area (Å²) in [6.07, 6.45) is 2.74. The Morgan fingerprint density at radius 3 is 2.63 bits per heavy atom. The fourth-order valence-corrected chi connectivity index (χ4v) is 2.25. The highest BCUT2D eigenvalue weighted by atomic mass is 16.3. The van der Waals surface area contributed by atoms with Crippen LogP contribution in [-0.4, -0.2) is 6.54 Å². The van der Waals surface area contributed by atoms with E-state index in [2.05, 4.69) is 47.8 Å². The Bertz CT molecular complexity index is 643. The van der Waals surface area contributed by atoms with Gasteiger partial charge in [0, 0.05) is 0 Å². The topological polar surface area (TPSA) is 25.2 Å². The molecule has 0 aliphatic carbocycles. The lowest BCUT2D eigenvalue weighted by atomic mass is 10.1. The zero-order chi connectivity index (χ0) is 12.9. The molecule has 0 bridgehead atoms. The predicted octanol–water partition coefficient (Wildman–Crippen LogP) is 3.77. The van der Waals surface area contributed by atoms with Crippen molar-refractivity contribution in [2.45, 2.75) is 13.0 Å².